The summed E-state index contributed by atoms with van der Waals surface area (Å²) in [6.07, 6.45) is 12.8. The van der Waals surface area contributed by atoms with Gasteiger partial charge in [0.15, 0.2) is 0 Å². The standard InChI is InChI=1S/C43H37N/c1-4-6-19-32(5-2)41-29-17-30-42(44-41)38(34-22-11-10-18-31(34)3)28-16-27-35-36-23-12-14-25-39(36)43(33-20-8-7-9-21-33)40-26-15-13-24-37(35)40/h5-26,28-30H,3-4,27H2,1-2H3/b19-6-,28-16-,32-5+,38-34+. The number of pyridine rings is 1. The Hall–Kier alpha value is -5.27. The smallest absolute Gasteiger partial charge is 0.0715 e. The summed E-state index contributed by atoms with van der Waals surface area (Å²) in [5.41, 5.74) is 7.96. The molecular weight excluding hydrogens is 530 g/mol. The Bertz CT molecular complexity index is 2090. The number of fused-ring (bicyclic) bond motifs is 2. The quantitative estimate of drug-likeness (QED) is 0.132. The fourth-order valence-electron chi connectivity index (χ4n) is 6.07. The van der Waals surface area contributed by atoms with E-state index in [1.54, 1.807) is 0 Å². The molecule has 1 aromatic heterocycles. The van der Waals surface area contributed by atoms with Crippen LogP contribution >= 0.6 is 0 Å². The Kier molecular flexibility index (Phi) is 8.75. The molecule has 1 heteroatoms. The van der Waals surface area contributed by atoms with Gasteiger partial charge in [0.2, 0.25) is 0 Å². The van der Waals surface area contributed by atoms with Crippen molar-refractivity contribution in [3.8, 4) is 11.1 Å². The average Bonchev–Trinajstić information content (AvgIpc) is 3.07. The minimum absolute atomic E-state index is 0.790. The van der Waals surface area contributed by atoms with Crippen LogP contribution in [0.1, 0.15) is 37.2 Å². The lowest BCUT2D eigenvalue weighted by atomic mass is 9.87. The molecule has 214 valence electrons. The Labute approximate surface area is 260 Å². The predicted octanol–water partition coefficient (Wildman–Crippen LogP) is 9.83. The van der Waals surface area contributed by atoms with Gasteiger partial charge in [-0.25, -0.2) is 4.98 Å². The fourth-order valence-corrected chi connectivity index (χ4v) is 6.07. The molecule has 0 aliphatic rings. The second-order valence-electron chi connectivity index (χ2n) is 11.0. The number of nitrogens with zero attached hydrogens (tertiary/aromatic N) is 1. The molecule has 0 spiro atoms. The van der Waals surface area contributed by atoms with Gasteiger partial charge >= 0.3 is 0 Å². The molecule has 6 aromatic rings. The SMILES string of the molecule is C=c1cccc/c1=C(/C=C\Cc1c2ccccc2c(-c2ccccc2)c2ccccc12)c1cccc(C(/C=C\CC)=C/C)n1. The van der Waals surface area contributed by atoms with Gasteiger partial charge in [0.25, 0.3) is 0 Å². The number of hydrogen-bond acceptors (Lipinski definition) is 1. The zero-order valence-corrected chi connectivity index (χ0v) is 25.5. The lowest BCUT2D eigenvalue weighted by Crippen LogP contribution is -2.25. The van der Waals surface area contributed by atoms with Gasteiger partial charge in [0, 0.05) is 5.57 Å². The van der Waals surface area contributed by atoms with E-state index in [9.17, 15) is 0 Å². The third-order valence-electron chi connectivity index (χ3n) is 8.18. The monoisotopic (exact) mass is 567 g/mol. The van der Waals surface area contributed by atoms with E-state index in [2.05, 4.69) is 166 Å². The number of benzene rings is 5. The number of allylic oxidation sites excluding steroid dienone is 6. The van der Waals surface area contributed by atoms with Crippen LogP contribution in [0.2, 0.25) is 0 Å². The maximum atomic E-state index is 5.15. The van der Waals surface area contributed by atoms with E-state index in [4.69, 9.17) is 4.98 Å². The van der Waals surface area contributed by atoms with Crippen LogP contribution in [0, 0.1) is 0 Å². The Morgan fingerprint density at radius 2 is 1.25 bits per heavy atom. The van der Waals surface area contributed by atoms with Crippen LogP contribution in [0.4, 0.5) is 0 Å². The summed E-state index contributed by atoms with van der Waals surface area (Å²) in [5, 5.41) is 7.21. The first-order valence-corrected chi connectivity index (χ1v) is 15.4. The van der Waals surface area contributed by atoms with Crippen molar-refractivity contribution in [3.05, 3.63) is 179 Å². The molecule has 6 rings (SSSR count). The Balaban J connectivity index is 1.50. The molecule has 0 atom stereocenters. The fraction of sp³-hybridized carbons (Fsp3) is 0.0930. The van der Waals surface area contributed by atoms with Crippen LogP contribution in [0.3, 0.4) is 0 Å². The van der Waals surface area contributed by atoms with E-state index >= 15 is 0 Å². The molecule has 0 N–H and O–H groups in total. The van der Waals surface area contributed by atoms with Gasteiger partial charge in [-0.05, 0) is 86.1 Å². The van der Waals surface area contributed by atoms with Crippen molar-refractivity contribution in [3.63, 3.8) is 0 Å². The molecule has 0 saturated heterocycles. The maximum absolute atomic E-state index is 5.15. The van der Waals surface area contributed by atoms with Crippen molar-refractivity contribution < 1.29 is 0 Å². The van der Waals surface area contributed by atoms with Crippen molar-refractivity contribution in [2.45, 2.75) is 26.7 Å². The largest absolute Gasteiger partial charge is 0.248 e. The summed E-state index contributed by atoms with van der Waals surface area (Å²) in [4.78, 5) is 5.15. The summed E-state index contributed by atoms with van der Waals surface area (Å²) < 4.78 is 0. The van der Waals surface area contributed by atoms with E-state index in [0.29, 0.717) is 0 Å². The van der Waals surface area contributed by atoms with Crippen LogP contribution < -0.4 is 10.4 Å². The first-order valence-electron chi connectivity index (χ1n) is 15.4. The highest BCUT2D eigenvalue weighted by Gasteiger charge is 2.14. The van der Waals surface area contributed by atoms with Gasteiger partial charge in [-0.1, -0.05) is 153 Å². The first-order chi connectivity index (χ1) is 21.7. The van der Waals surface area contributed by atoms with Gasteiger partial charge in [-0.3, -0.25) is 0 Å². The van der Waals surface area contributed by atoms with Crippen LogP contribution in [-0.2, 0) is 6.42 Å². The predicted molar refractivity (Wildman–Crippen MR) is 191 cm³/mol. The lowest BCUT2D eigenvalue weighted by molar-refractivity contribution is 1.21. The second-order valence-corrected chi connectivity index (χ2v) is 11.0. The van der Waals surface area contributed by atoms with Crippen molar-refractivity contribution >= 4 is 39.3 Å². The molecular formula is C43H37N. The van der Waals surface area contributed by atoms with Gasteiger partial charge in [-0.15, -0.1) is 0 Å². The van der Waals surface area contributed by atoms with Gasteiger partial charge < -0.3 is 0 Å². The van der Waals surface area contributed by atoms with Crippen LogP contribution in [0.5, 0.6) is 0 Å². The number of aromatic nitrogens is 1. The summed E-state index contributed by atoms with van der Waals surface area (Å²) in [5.74, 6) is 0. The van der Waals surface area contributed by atoms with E-state index < -0.39 is 0 Å². The molecule has 0 radical (unpaired) electrons. The highest BCUT2D eigenvalue weighted by molar-refractivity contribution is 6.15. The third-order valence-corrected chi connectivity index (χ3v) is 8.18. The molecule has 0 saturated carbocycles. The Morgan fingerprint density at radius 1 is 0.636 bits per heavy atom. The topological polar surface area (TPSA) is 12.9 Å². The zero-order chi connectivity index (χ0) is 30.3. The molecule has 1 heterocycles. The molecule has 0 fully saturated rings. The maximum Gasteiger partial charge on any atom is 0.0715 e. The van der Waals surface area contributed by atoms with Gasteiger partial charge in [0.1, 0.15) is 0 Å². The highest BCUT2D eigenvalue weighted by Crippen LogP contribution is 2.39. The van der Waals surface area contributed by atoms with E-state index in [1.807, 2.05) is 6.07 Å². The van der Waals surface area contributed by atoms with Crippen molar-refractivity contribution in [2.75, 3.05) is 0 Å². The summed E-state index contributed by atoms with van der Waals surface area (Å²) in [7, 11) is 0. The van der Waals surface area contributed by atoms with Crippen molar-refractivity contribution in [1.29, 1.82) is 0 Å². The minimum Gasteiger partial charge on any atom is -0.248 e. The second kappa shape index (κ2) is 13.4. The molecule has 44 heavy (non-hydrogen) atoms. The molecule has 0 aliphatic carbocycles. The summed E-state index contributed by atoms with van der Waals surface area (Å²) >= 11 is 0. The first kappa shape index (κ1) is 28.8. The number of rotatable bonds is 8. The van der Waals surface area contributed by atoms with Crippen molar-refractivity contribution in [1.82, 2.24) is 4.98 Å². The summed E-state index contributed by atoms with van der Waals surface area (Å²) in [6.45, 7) is 8.58. The van der Waals surface area contributed by atoms with E-state index in [1.165, 1.54) is 38.2 Å². The highest BCUT2D eigenvalue weighted by atomic mass is 14.7. The number of hydrogen-bond donors (Lipinski definition) is 0. The van der Waals surface area contributed by atoms with Crippen LogP contribution in [-0.4, -0.2) is 4.98 Å². The van der Waals surface area contributed by atoms with Gasteiger partial charge in [-0.2, -0.15) is 0 Å². The van der Waals surface area contributed by atoms with Gasteiger partial charge in [0.05, 0.1) is 11.4 Å². The van der Waals surface area contributed by atoms with E-state index in [0.717, 1.165) is 45.8 Å². The average molecular weight is 568 g/mol. The van der Waals surface area contributed by atoms with Crippen molar-refractivity contribution in [2.24, 2.45) is 0 Å². The normalized spacial score (nSPS) is 12.9. The molecule has 5 aromatic carbocycles. The van der Waals surface area contributed by atoms with Crippen LogP contribution in [0.25, 0.3) is 50.4 Å². The third kappa shape index (κ3) is 5.82. The van der Waals surface area contributed by atoms with Crippen LogP contribution in [0.15, 0.2) is 152 Å². The molecule has 0 unspecified atom stereocenters. The Morgan fingerprint density at radius 3 is 1.91 bits per heavy atom. The molecule has 0 amide bonds. The lowest BCUT2D eigenvalue weighted by Gasteiger charge is -2.16. The molecule has 0 aliphatic heterocycles. The van der Waals surface area contributed by atoms with E-state index in [-0.39, 0.29) is 0 Å². The summed E-state index contributed by atoms with van der Waals surface area (Å²) in [6, 6.07) is 43.0. The molecule has 0 bridgehead atoms. The zero-order valence-electron chi connectivity index (χ0n) is 25.5. The minimum atomic E-state index is 0.790. The molecule has 1 nitrogen and oxygen atoms in total.